The van der Waals surface area contributed by atoms with E-state index in [1.165, 1.54) is 29.7 Å². The van der Waals surface area contributed by atoms with E-state index in [4.69, 9.17) is 0 Å². The van der Waals surface area contributed by atoms with Gasteiger partial charge in [-0.2, -0.15) is 0 Å². The lowest BCUT2D eigenvalue weighted by molar-refractivity contribution is 0.144. The zero-order valence-corrected chi connectivity index (χ0v) is 12.3. The molecule has 2 atom stereocenters. The lowest BCUT2D eigenvalue weighted by Gasteiger charge is -2.26. The highest BCUT2D eigenvalue weighted by Crippen LogP contribution is 2.27. The third-order valence-corrected chi connectivity index (χ3v) is 4.31. The van der Waals surface area contributed by atoms with Crippen LogP contribution in [0, 0.1) is 0 Å². The lowest BCUT2D eigenvalue weighted by Crippen LogP contribution is -2.33. The third-order valence-electron chi connectivity index (χ3n) is 4.31. The third kappa shape index (κ3) is 3.50. The summed E-state index contributed by atoms with van der Waals surface area (Å²) in [5, 5.41) is 13.9. The van der Waals surface area contributed by atoms with E-state index >= 15 is 0 Å². The van der Waals surface area contributed by atoms with Crippen LogP contribution < -0.4 is 5.32 Å². The summed E-state index contributed by atoms with van der Waals surface area (Å²) < 4.78 is 0. The number of hydrogen-bond donors (Lipinski definition) is 2. The molecule has 1 saturated carbocycles. The van der Waals surface area contributed by atoms with Gasteiger partial charge in [0.15, 0.2) is 0 Å². The van der Waals surface area contributed by atoms with Crippen molar-refractivity contribution in [3.8, 4) is 0 Å². The molecule has 0 saturated heterocycles. The topological polar surface area (TPSA) is 32.3 Å². The second-order valence-electron chi connectivity index (χ2n) is 5.61. The molecule has 106 valence electrons. The highest BCUT2D eigenvalue weighted by Gasteiger charge is 2.22. The lowest BCUT2D eigenvalue weighted by atomic mass is 10.00. The van der Waals surface area contributed by atoms with Gasteiger partial charge in [-0.05, 0) is 36.8 Å². The van der Waals surface area contributed by atoms with E-state index in [0.717, 1.165) is 32.1 Å². The molecule has 1 aliphatic rings. The van der Waals surface area contributed by atoms with E-state index in [-0.39, 0.29) is 12.1 Å². The number of hydrogen-bond acceptors (Lipinski definition) is 2. The fourth-order valence-electron chi connectivity index (χ4n) is 3.07. The number of aryl methyl sites for hydroxylation is 2. The molecule has 2 heteroatoms. The average molecular weight is 261 g/mol. The maximum atomic E-state index is 10.3. The number of anilines is 1. The molecule has 2 nitrogen and oxygen atoms in total. The number of aliphatic hydroxyl groups excluding tert-OH is 1. The van der Waals surface area contributed by atoms with Crippen molar-refractivity contribution in [3.05, 3.63) is 29.3 Å². The predicted octanol–water partition coefficient (Wildman–Crippen LogP) is 3.92. The van der Waals surface area contributed by atoms with Crippen LogP contribution in [0.25, 0.3) is 0 Å². The molecule has 0 amide bonds. The van der Waals surface area contributed by atoms with E-state index in [9.17, 15) is 5.11 Å². The molecular formula is C17H27NO. The Morgan fingerprint density at radius 3 is 2.32 bits per heavy atom. The second-order valence-corrected chi connectivity index (χ2v) is 5.61. The van der Waals surface area contributed by atoms with Crippen molar-refractivity contribution < 1.29 is 5.11 Å². The SMILES string of the molecule is CCc1cccc(CC)c1NC1CCCCCC1O. The Hall–Kier alpha value is -1.02. The van der Waals surface area contributed by atoms with Gasteiger partial charge in [-0.25, -0.2) is 0 Å². The monoisotopic (exact) mass is 261 g/mol. The fourth-order valence-corrected chi connectivity index (χ4v) is 3.07. The standard InChI is InChI=1S/C17H27NO/c1-3-13-9-8-10-14(4-2)17(13)18-15-11-6-5-7-12-16(15)19/h8-10,15-16,18-19H,3-7,11-12H2,1-2H3. The number of para-hydroxylation sites is 1. The first-order chi connectivity index (χ1) is 9.26. The van der Waals surface area contributed by atoms with Crippen LogP contribution in [0.5, 0.6) is 0 Å². The molecule has 2 unspecified atom stereocenters. The quantitative estimate of drug-likeness (QED) is 0.805. The molecule has 0 aliphatic heterocycles. The van der Waals surface area contributed by atoms with Crippen LogP contribution in [0.4, 0.5) is 5.69 Å². The highest BCUT2D eigenvalue weighted by molar-refractivity contribution is 5.58. The van der Waals surface area contributed by atoms with E-state index in [2.05, 4.69) is 37.4 Å². The summed E-state index contributed by atoms with van der Waals surface area (Å²) in [7, 11) is 0. The van der Waals surface area contributed by atoms with Crippen LogP contribution in [0.3, 0.4) is 0 Å². The van der Waals surface area contributed by atoms with Crippen molar-refractivity contribution in [3.63, 3.8) is 0 Å². The molecule has 0 heterocycles. The van der Waals surface area contributed by atoms with Crippen molar-refractivity contribution in [2.75, 3.05) is 5.32 Å². The first-order valence-electron chi connectivity index (χ1n) is 7.81. The van der Waals surface area contributed by atoms with Gasteiger partial charge in [-0.1, -0.05) is 51.3 Å². The fraction of sp³-hybridized carbons (Fsp3) is 0.647. The predicted molar refractivity (Wildman–Crippen MR) is 81.7 cm³/mol. The summed E-state index contributed by atoms with van der Waals surface area (Å²) >= 11 is 0. The molecule has 1 aliphatic carbocycles. The molecule has 1 fully saturated rings. The molecule has 0 spiro atoms. The molecule has 0 aromatic heterocycles. The smallest absolute Gasteiger partial charge is 0.0741 e. The largest absolute Gasteiger partial charge is 0.391 e. The van der Waals surface area contributed by atoms with E-state index in [0.29, 0.717) is 0 Å². The minimum absolute atomic E-state index is 0.197. The Kier molecular flexibility index (Phi) is 5.26. The summed E-state index contributed by atoms with van der Waals surface area (Å²) in [6.07, 6.45) is 7.55. The minimum Gasteiger partial charge on any atom is -0.391 e. The first-order valence-corrected chi connectivity index (χ1v) is 7.81. The van der Waals surface area contributed by atoms with E-state index < -0.39 is 0 Å². The Labute approximate surface area is 117 Å². The molecular weight excluding hydrogens is 234 g/mol. The average Bonchev–Trinajstić information content (AvgIpc) is 2.64. The Bertz CT molecular complexity index is 380. The van der Waals surface area contributed by atoms with Gasteiger partial charge >= 0.3 is 0 Å². The van der Waals surface area contributed by atoms with Gasteiger partial charge < -0.3 is 10.4 Å². The molecule has 1 aromatic rings. The second kappa shape index (κ2) is 6.95. The molecule has 0 radical (unpaired) electrons. The Morgan fingerprint density at radius 1 is 1.05 bits per heavy atom. The van der Waals surface area contributed by atoms with Crippen LogP contribution >= 0.6 is 0 Å². The van der Waals surface area contributed by atoms with Gasteiger partial charge in [-0.15, -0.1) is 0 Å². The van der Waals surface area contributed by atoms with Gasteiger partial charge in [0, 0.05) is 5.69 Å². The summed E-state index contributed by atoms with van der Waals surface area (Å²) in [5.41, 5.74) is 4.02. The van der Waals surface area contributed by atoms with Crippen molar-refractivity contribution in [2.45, 2.75) is 70.9 Å². The van der Waals surface area contributed by atoms with Gasteiger partial charge in [0.2, 0.25) is 0 Å². The maximum Gasteiger partial charge on any atom is 0.0741 e. The van der Waals surface area contributed by atoms with Crippen LogP contribution in [0.1, 0.15) is 57.1 Å². The van der Waals surface area contributed by atoms with Crippen molar-refractivity contribution in [1.29, 1.82) is 0 Å². The summed E-state index contributed by atoms with van der Waals surface area (Å²) in [6, 6.07) is 6.77. The van der Waals surface area contributed by atoms with Gasteiger partial charge in [0.05, 0.1) is 12.1 Å². The van der Waals surface area contributed by atoms with Crippen LogP contribution in [-0.2, 0) is 12.8 Å². The zero-order valence-electron chi connectivity index (χ0n) is 12.3. The Morgan fingerprint density at radius 2 is 1.68 bits per heavy atom. The normalized spacial score (nSPS) is 23.9. The van der Waals surface area contributed by atoms with Crippen LogP contribution in [0.15, 0.2) is 18.2 Å². The molecule has 1 aromatic carbocycles. The van der Waals surface area contributed by atoms with Crippen LogP contribution in [0.2, 0.25) is 0 Å². The van der Waals surface area contributed by atoms with E-state index in [1.807, 2.05) is 0 Å². The molecule has 0 bridgehead atoms. The van der Waals surface area contributed by atoms with Gasteiger partial charge in [0.25, 0.3) is 0 Å². The van der Waals surface area contributed by atoms with Crippen molar-refractivity contribution in [1.82, 2.24) is 0 Å². The van der Waals surface area contributed by atoms with Crippen molar-refractivity contribution >= 4 is 5.69 Å². The number of rotatable bonds is 4. The molecule has 19 heavy (non-hydrogen) atoms. The van der Waals surface area contributed by atoms with E-state index in [1.54, 1.807) is 0 Å². The molecule has 2 rings (SSSR count). The van der Waals surface area contributed by atoms with Crippen molar-refractivity contribution in [2.24, 2.45) is 0 Å². The van der Waals surface area contributed by atoms with Gasteiger partial charge in [0.1, 0.15) is 0 Å². The Balaban J connectivity index is 2.20. The first kappa shape index (κ1) is 14.4. The highest BCUT2D eigenvalue weighted by atomic mass is 16.3. The zero-order chi connectivity index (χ0) is 13.7. The maximum absolute atomic E-state index is 10.3. The summed E-state index contributed by atoms with van der Waals surface area (Å²) in [4.78, 5) is 0. The van der Waals surface area contributed by atoms with Crippen LogP contribution in [-0.4, -0.2) is 17.3 Å². The number of benzene rings is 1. The molecule has 2 N–H and O–H groups in total. The number of aliphatic hydroxyl groups is 1. The summed E-state index contributed by atoms with van der Waals surface area (Å²) in [6.45, 7) is 4.40. The minimum atomic E-state index is -0.197. The van der Waals surface area contributed by atoms with Gasteiger partial charge in [-0.3, -0.25) is 0 Å². The summed E-state index contributed by atoms with van der Waals surface area (Å²) in [5.74, 6) is 0. The number of nitrogens with one attached hydrogen (secondary N) is 1.